The quantitative estimate of drug-likeness (QED) is 0.355. The van der Waals surface area contributed by atoms with Crippen LogP contribution in [0.1, 0.15) is 57.1 Å². The fraction of sp³-hybridized carbons (Fsp3) is 0.704. The van der Waals surface area contributed by atoms with E-state index in [0.717, 1.165) is 66.7 Å². The number of aromatic nitrogens is 3. The van der Waals surface area contributed by atoms with Crippen molar-refractivity contribution in [1.29, 1.82) is 5.41 Å². The van der Waals surface area contributed by atoms with E-state index < -0.39 is 0 Å². The highest BCUT2D eigenvalue weighted by atomic mass is 32.1. The second-order valence-electron chi connectivity index (χ2n) is 11.2. The van der Waals surface area contributed by atoms with Gasteiger partial charge in [0, 0.05) is 76.0 Å². The maximum Gasteiger partial charge on any atom is 0.230 e. The van der Waals surface area contributed by atoms with Crippen molar-refractivity contribution in [3.8, 4) is 0 Å². The van der Waals surface area contributed by atoms with Crippen LogP contribution < -0.4 is 16.0 Å². The molecule has 0 atom stereocenters. The molecule has 0 amide bonds. The minimum absolute atomic E-state index is 0.363. The Morgan fingerprint density at radius 2 is 1.58 bits per heavy atom. The van der Waals surface area contributed by atoms with E-state index in [2.05, 4.69) is 30.1 Å². The minimum atomic E-state index is 0.363. The van der Waals surface area contributed by atoms with Crippen LogP contribution in [-0.4, -0.2) is 93.9 Å². The van der Waals surface area contributed by atoms with Gasteiger partial charge in [0.25, 0.3) is 0 Å². The zero-order chi connectivity index (χ0) is 25.9. The lowest BCUT2D eigenvalue weighted by atomic mass is 9.89. The molecule has 2 saturated carbocycles. The highest BCUT2D eigenvalue weighted by Gasteiger charge is 2.34. The SMILES string of the molecule is Cc1nsc2nc(N/C(C=N)=C/NC3CCOCC3)nc(N[C@H]3CC[C@H](N4CCN(C5CC5)CC4)CC3)c12. The Kier molecular flexibility index (Phi) is 8.05. The molecule has 4 N–H and O–H groups in total. The number of aryl methyl sites for hydroxylation is 1. The summed E-state index contributed by atoms with van der Waals surface area (Å²) in [4.78, 5) is 15.9. The number of piperazine rings is 1. The van der Waals surface area contributed by atoms with Crippen LogP contribution in [0, 0.1) is 12.3 Å². The Balaban J connectivity index is 1.08. The number of hydrogen-bond donors (Lipinski definition) is 4. The Labute approximate surface area is 229 Å². The van der Waals surface area contributed by atoms with Gasteiger partial charge in [0.2, 0.25) is 5.95 Å². The third-order valence-corrected chi connectivity index (χ3v) is 9.41. The molecule has 0 bridgehead atoms. The van der Waals surface area contributed by atoms with Crippen LogP contribution in [0.2, 0.25) is 0 Å². The smallest absolute Gasteiger partial charge is 0.230 e. The lowest BCUT2D eigenvalue weighted by Gasteiger charge is -2.42. The normalized spacial score (nSPS) is 26.4. The summed E-state index contributed by atoms with van der Waals surface area (Å²) >= 11 is 1.40. The third-order valence-electron chi connectivity index (χ3n) is 8.58. The molecule has 2 saturated heterocycles. The molecule has 10 nitrogen and oxygen atoms in total. The van der Waals surface area contributed by atoms with Crippen LogP contribution >= 0.6 is 11.5 Å². The van der Waals surface area contributed by atoms with Crippen molar-refractivity contribution in [3.05, 3.63) is 17.6 Å². The third kappa shape index (κ3) is 6.11. The van der Waals surface area contributed by atoms with Crippen LogP contribution in [0.3, 0.4) is 0 Å². The monoisotopic (exact) mass is 539 g/mol. The molecule has 4 aliphatic rings. The zero-order valence-corrected chi connectivity index (χ0v) is 23.2. The maximum absolute atomic E-state index is 7.88. The standard InChI is InChI=1S/C27H41N9OS/c1-18-24-25(30-20-2-4-22(5-3-20)35-10-12-36(13-11-35)23-6-7-23)32-27(33-26(24)38-34-18)31-21(16-28)17-29-19-8-14-37-15-9-19/h16-17,19-20,22-23,28-29H,2-15H2,1H3,(H2,30,31,32,33)/b21-17+,28-16?/t20-,22-. The second-order valence-corrected chi connectivity index (χ2v) is 12.0. The summed E-state index contributed by atoms with van der Waals surface area (Å²) < 4.78 is 10.0. The van der Waals surface area contributed by atoms with Gasteiger partial charge in [0.15, 0.2) is 4.83 Å². The molecule has 0 unspecified atom stereocenters. The molecule has 0 aromatic carbocycles. The maximum atomic E-state index is 7.88. The number of hydrogen-bond acceptors (Lipinski definition) is 11. The van der Waals surface area contributed by atoms with Crippen LogP contribution in [-0.2, 0) is 4.74 Å². The molecule has 4 heterocycles. The van der Waals surface area contributed by atoms with Crippen LogP contribution in [0.25, 0.3) is 10.2 Å². The Morgan fingerprint density at radius 1 is 0.921 bits per heavy atom. The molecule has 2 aliphatic heterocycles. The molecular weight excluding hydrogens is 498 g/mol. The second kappa shape index (κ2) is 11.8. The predicted octanol–water partition coefficient (Wildman–Crippen LogP) is 3.57. The van der Waals surface area contributed by atoms with Crippen LogP contribution in [0.4, 0.5) is 11.8 Å². The Hall–Kier alpha value is -2.34. The van der Waals surface area contributed by atoms with Crippen molar-refractivity contribution in [2.75, 3.05) is 50.0 Å². The summed E-state index contributed by atoms with van der Waals surface area (Å²) in [6, 6.07) is 2.37. The molecule has 38 heavy (non-hydrogen) atoms. The first kappa shape index (κ1) is 25.9. The average molecular weight is 540 g/mol. The van der Waals surface area contributed by atoms with E-state index in [1.807, 2.05) is 13.1 Å². The fourth-order valence-electron chi connectivity index (χ4n) is 6.15. The Morgan fingerprint density at radius 3 is 2.21 bits per heavy atom. The van der Waals surface area contributed by atoms with E-state index in [1.165, 1.54) is 69.6 Å². The summed E-state index contributed by atoms with van der Waals surface area (Å²) in [6.07, 6.45) is 12.7. The molecule has 11 heteroatoms. The van der Waals surface area contributed by atoms with Gasteiger partial charge >= 0.3 is 0 Å². The van der Waals surface area contributed by atoms with Gasteiger partial charge in [-0.15, -0.1) is 0 Å². The molecule has 206 valence electrons. The summed E-state index contributed by atoms with van der Waals surface area (Å²) in [5.74, 6) is 1.35. The molecule has 0 spiro atoms. The average Bonchev–Trinajstić information content (AvgIpc) is 3.74. The van der Waals surface area contributed by atoms with Gasteiger partial charge in [0.1, 0.15) is 5.82 Å². The molecule has 2 aromatic heterocycles. The molecule has 2 aromatic rings. The highest BCUT2D eigenvalue weighted by molar-refractivity contribution is 7.13. The number of nitrogens with zero attached hydrogens (tertiary/aromatic N) is 5. The van der Waals surface area contributed by atoms with Gasteiger partial charge in [-0.1, -0.05) is 0 Å². The minimum Gasteiger partial charge on any atom is -0.386 e. The van der Waals surface area contributed by atoms with Gasteiger partial charge in [0.05, 0.1) is 16.8 Å². The number of ether oxygens (including phenoxy) is 1. The summed E-state index contributed by atoms with van der Waals surface area (Å²) in [5, 5.41) is 19.3. The largest absolute Gasteiger partial charge is 0.386 e. The first-order valence-corrected chi connectivity index (χ1v) is 15.1. The lowest BCUT2D eigenvalue weighted by molar-refractivity contribution is 0.0737. The first-order chi connectivity index (χ1) is 18.7. The van der Waals surface area contributed by atoms with Crippen molar-refractivity contribution in [1.82, 2.24) is 29.5 Å². The van der Waals surface area contributed by atoms with Crippen molar-refractivity contribution in [3.63, 3.8) is 0 Å². The van der Waals surface area contributed by atoms with Crippen molar-refractivity contribution in [2.45, 2.75) is 82.5 Å². The summed E-state index contributed by atoms with van der Waals surface area (Å²) in [5.41, 5.74) is 1.59. The predicted molar refractivity (Wildman–Crippen MR) is 153 cm³/mol. The Bertz CT molecular complexity index is 1130. The topological polar surface area (TPSA) is 114 Å². The van der Waals surface area contributed by atoms with E-state index in [4.69, 9.17) is 20.1 Å². The van der Waals surface area contributed by atoms with E-state index >= 15 is 0 Å². The summed E-state index contributed by atoms with van der Waals surface area (Å²) in [7, 11) is 0. The van der Waals surface area contributed by atoms with Crippen molar-refractivity contribution in [2.24, 2.45) is 0 Å². The zero-order valence-electron chi connectivity index (χ0n) is 22.4. The van der Waals surface area contributed by atoms with Gasteiger partial charge < -0.3 is 26.1 Å². The highest BCUT2D eigenvalue weighted by Crippen LogP contribution is 2.33. The molecule has 4 fully saturated rings. The fourth-order valence-corrected chi connectivity index (χ4v) is 6.93. The van der Waals surface area contributed by atoms with Gasteiger partial charge in [-0.25, -0.2) is 0 Å². The summed E-state index contributed by atoms with van der Waals surface area (Å²) in [6.45, 7) is 8.53. The molecule has 6 rings (SSSR count). The number of allylic oxidation sites excluding steroid dienone is 1. The van der Waals surface area contributed by atoms with Gasteiger partial charge in [-0.05, 0) is 69.8 Å². The van der Waals surface area contributed by atoms with Crippen molar-refractivity contribution < 1.29 is 4.74 Å². The van der Waals surface area contributed by atoms with E-state index in [1.54, 1.807) is 0 Å². The van der Waals surface area contributed by atoms with Gasteiger partial charge in [-0.3, -0.25) is 9.80 Å². The number of nitrogens with one attached hydrogen (secondary N) is 4. The lowest BCUT2D eigenvalue weighted by Crippen LogP contribution is -2.52. The number of anilines is 2. The van der Waals surface area contributed by atoms with Gasteiger partial charge in [-0.2, -0.15) is 14.3 Å². The molecular formula is C27H41N9OS. The van der Waals surface area contributed by atoms with Crippen LogP contribution in [0.15, 0.2) is 11.9 Å². The molecule has 2 aliphatic carbocycles. The molecule has 0 radical (unpaired) electrons. The van der Waals surface area contributed by atoms with Crippen LogP contribution in [0.5, 0.6) is 0 Å². The first-order valence-electron chi connectivity index (χ1n) is 14.4. The van der Waals surface area contributed by atoms with E-state index in [-0.39, 0.29) is 0 Å². The number of rotatable bonds is 9. The van der Waals surface area contributed by atoms with E-state index in [0.29, 0.717) is 29.8 Å². The van der Waals surface area contributed by atoms with E-state index in [9.17, 15) is 0 Å². The number of fused-ring (bicyclic) bond motifs is 1. The van der Waals surface area contributed by atoms with Crippen molar-refractivity contribution >= 4 is 39.7 Å².